The molecule has 0 saturated carbocycles. The van der Waals surface area contributed by atoms with E-state index in [0.29, 0.717) is 12.2 Å². The van der Waals surface area contributed by atoms with Crippen LogP contribution >= 0.6 is 0 Å². The second-order valence-corrected chi connectivity index (χ2v) is 8.22. The average molecular weight is 434 g/mol. The fraction of sp³-hybridized carbons (Fsp3) is 0.333. The lowest BCUT2D eigenvalue weighted by Gasteiger charge is -2.18. The molecule has 32 heavy (non-hydrogen) atoms. The van der Waals surface area contributed by atoms with E-state index in [4.69, 9.17) is 5.73 Å². The highest BCUT2D eigenvalue weighted by molar-refractivity contribution is 6.07. The third-order valence-corrected chi connectivity index (χ3v) is 5.98. The predicted octanol–water partition coefficient (Wildman–Crippen LogP) is 1.77. The summed E-state index contributed by atoms with van der Waals surface area (Å²) in [4.78, 5) is 50.6. The van der Waals surface area contributed by atoms with Crippen molar-refractivity contribution in [2.75, 3.05) is 23.3 Å². The normalized spacial score (nSPS) is 17.2. The molecule has 2 aromatic carbocycles. The number of hydrogen-bond acceptors (Lipinski definition) is 4. The Morgan fingerprint density at radius 2 is 1.84 bits per heavy atom. The van der Waals surface area contributed by atoms with Gasteiger partial charge in [-0.25, -0.2) is 0 Å². The van der Waals surface area contributed by atoms with Crippen LogP contribution in [0.2, 0.25) is 0 Å². The van der Waals surface area contributed by atoms with Crippen molar-refractivity contribution in [3.8, 4) is 0 Å². The number of nitrogens with one attached hydrogen (secondary N) is 2. The van der Waals surface area contributed by atoms with Gasteiger partial charge in [-0.15, -0.1) is 0 Å². The maximum Gasteiger partial charge on any atom is 0.253 e. The maximum absolute atomic E-state index is 12.9. The van der Waals surface area contributed by atoms with Crippen LogP contribution in [0.3, 0.4) is 0 Å². The number of nitrogens with zero attached hydrogens (tertiary/aromatic N) is 1. The Morgan fingerprint density at radius 3 is 2.66 bits per heavy atom. The van der Waals surface area contributed by atoms with Crippen LogP contribution in [-0.2, 0) is 27.2 Å². The van der Waals surface area contributed by atoms with Gasteiger partial charge in [0.2, 0.25) is 17.7 Å². The number of carbonyl (C=O) groups is 4. The largest absolute Gasteiger partial charge is 0.370 e. The summed E-state index contributed by atoms with van der Waals surface area (Å²) in [5.74, 6) is -1.82. The Hall–Kier alpha value is -3.68. The van der Waals surface area contributed by atoms with E-state index in [2.05, 4.69) is 22.8 Å². The summed E-state index contributed by atoms with van der Waals surface area (Å²) in [5, 5.41) is 5.41. The van der Waals surface area contributed by atoms with Crippen LogP contribution in [0.15, 0.2) is 42.5 Å². The van der Waals surface area contributed by atoms with Gasteiger partial charge >= 0.3 is 0 Å². The standard InChI is InChI=1S/C24H26N4O4/c25-21(29)10-11-26-24(32)19-6-1-2-7-20(19)27-23(31)17-13-22(30)28(14-17)18-9-8-15-4-3-5-16(15)12-18/h1-2,6-9,12,17H,3-5,10-11,13-14H2,(H2,25,29)(H,26,32)(H,27,31). The summed E-state index contributed by atoms with van der Waals surface area (Å²) >= 11 is 0. The number of hydrogen-bond donors (Lipinski definition) is 3. The predicted molar refractivity (Wildman–Crippen MR) is 120 cm³/mol. The highest BCUT2D eigenvalue weighted by Crippen LogP contribution is 2.31. The first-order valence-corrected chi connectivity index (χ1v) is 10.8. The van der Waals surface area contributed by atoms with Gasteiger partial charge in [0.25, 0.3) is 5.91 Å². The van der Waals surface area contributed by atoms with E-state index in [-0.39, 0.29) is 36.8 Å². The molecule has 1 heterocycles. The van der Waals surface area contributed by atoms with Gasteiger partial charge in [-0.3, -0.25) is 19.2 Å². The number of rotatable bonds is 7. The molecule has 8 heteroatoms. The summed E-state index contributed by atoms with van der Waals surface area (Å²) < 4.78 is 0. The molecule has 166 valence electrons. The summed E-state index contributed by atoms with van der Waals surface area (Å²) in [5.41, 5.74) is 9.18. The summed E-state index contributed by atoms with van der Waals surface area (Å²) in [6.07, 6.45) is 3.38. The topological polar surface area (TPSA) is 122 Å². The van der Waals surface area contributed by atoms with Crippen molar-refractivity contribution < 1.29 is 19.2 Å². The zero-order valence-electron chi connectivity index (χ0n) is 17.7. The van der Waals surface area contributed by atoms with Crippen molar-refractivity contribution in [3.63, 3.8) is 0 Å². The number of nitrogens with two attached hydrogens (primary N) is 1. The van der Waals surface area contributed by atoms with Gasteiger partial charge in [-0.05, 0) is 54.7 Å². The smallest absolute Gasteiger partial charge is 0.253 e. The number of primary amides is 1. The van der Waals surface area contributed by atoms with E-state index < -0.39 is 17.7 Å². The second-order valence-electron chi connectivity index (χ2n) is 8.22. The SMILES string of the molecule is NC(=O)CCNC(=O)c1ccccc1NC(=O)C1CC(=O)N(c2ccc3c(c2)CCC3)C1. The van der Waals surface area contributed by atoms with E-state index in [1.807, 2.05) is 6.07 Å². The first-order chi connectivity index (χ1) is 15.4. The van der Waals surface area contributed by atoms with Gasteiger partial charge in [0.15, 0.2) is 0 Å². The monoisotopic (exact) mass is 434 g/mol. The van der Waals surface area contributed by atoms with Gasteiger partial charge in [0.05, 0.1) is 17.2 Å². The summed E-state index contributed by atoms with van der Waals surface area (Å²) in [6, 6.07) is 12.7. The molecular formula is C24H26N4O4. The van der Waals surface area contributed by atoms with Crippen molar-refractivity contribution in [1.82, 2.24) is 5.32 Å². The van der Waals surface area contributed by atoms with E-state index in [1.165, 1.54) is 11.1 Å². The minimum Gasteiger partial charge on any atom is -0.370 e. The minimum atomic E-state index is -0.512. The number of amides is 4. The third-order valence-electron chi connectivity index (χ3n) is 5.98. The molecule has 4 rings (SSSR count). The van der Waals surface area contributed by atoms with E-state index in [0.717, 1.165) is 24.9 Å². The Balaban J connectivity index is 1.42. The Labute approximate surface area is 186 Å². The molecule has 1 aliphatic heterocycles. The number of para-hydroxylation sites is 1. The lowest BCUT2D eigenvalue weighted by molar-refractivity contribution is -0.122. The van der Waals surface area contributed by atoms with Gasteiger partial charge in [0.1, 0.15) is 0 Å². The number of anilines is 2. The number of aryl methyl sites for hydroxylation is 2. The average Bonchev–Trinajstić information content (AvgIpc) is 3.39. The molecule has 8 nitrogen and oxygen atoms in total. The quantitative estimate of drug-likeness (QED) is 0.615. The molecule has 1 atom stereocenters. The molecule has 1 fully saturated rings. The number of carbonyl (C=O) groups excluding carboxylic acids is 4. The van der Waals surface area contributed by atoms with Crippen LogP contribution in [0.5, 0.6) is 0 Å². The van der Waals surface area contributed by atoms with Gasteiger partial charge in [0, 0.05) is 31.6 Å². The maximum atomic E-state index is 12.9. The molecule has 0 bridgehead atoms. The van der Waals surface area contributed by atoms with E-state index in [1.54, 1.807) is 29.2 Å². The van der Waals surface area contributed by atoms with Crippen molar-refractivity contribution in [3.05, 3.63) is 59.2 Å². The lowest BCUT2D eigenvalue weighted by Crippen LogP contribution is -2.30. The van der Waals surface area contributed by atoms with Crippen molar-refractivity contribution in [1.29, 1.82) is 0 Å². The number of fused-ring (bicyclic) bond motifs is 1. The fourth-order valence-electron chi connectivity index (χ4n) is 4.28. The van der Waals surface area contributed by atoms with Crippen LogP contribution < -0.4 is 21.3 Å². The fourth-order valence-corrected chi connectivity index (χ4v) is 4.28. The van der Waals surface area contributed by atoms with Crippen molar-refractivity contribution in [2.45, 2.75) is 32.1 Å². The first kappa shape index (κ1) is 21.5. The van der Waals surface area contributed by atoms with Crippen LogP contribution in [0, 0.1) is 5.92 Å². The molecule has 4 amide bonds. The molecule has 2 aromatic rings. The van der Waals surface area contributed by atoms with Gasteiger partial charge < -0.3 is 21.3 Å². The zero-order chi connectivity index (χ0) is 22.7. The zero-order valence-corrected chi connectivity index (χ0v) is 17.7. The molecule has 0 spiro atoms. The van der Waals surface area contributed by atoms with Crippen LogP contribution in [0.4, 0.5) is 11.4 Å². The Morgan fingerprint density at radius 1 is 1.06 bits per heavy atom. The lowest BCUT2D eigenvalue weighted by atomic mass is 10.1. The number of benzene rings is 2. The highest BCUT2D eigenvalue weighted by Gasteiger charge is 2.35. The van der Waals surface area contributed by atoms with Crippen LogP contribution in [0.25, 0.3) is 0 Å². The second kappa shape index (κ2) is 9.21. The molecule has 0 aromatic heterocycles. The first-order valence-electron chi connectivity index (χ1n) is 10.8. The van der Waals surface area contributed by atoms with Crippen LogP contribution in [0.1, 0.15) is 40.7 Å². The molecule has 2 aliphatic rings. The molecule has 0 radical (unpaired) electrons. The highest BCUT2D eigenvalue weighted by atomic mass is 16.2. The molecule has 1 saturated heterocycles. The van der Waals surface area contributed by atoms with Crippen LogP contribution in [-0.4, -0.2) is 36.7 Å². The minimum absolute atomic E-state index is 0.0307. The van der Waals surface area contributed by atoms with E-state index in [9.17, 15) is 19.2 Å². The van der Waals surface area contributed by atoms with Gasteiger partial charge in [-0.2, -0.15) is 0 Å². The molecule has 1 aliphatic carbocycles. The Kier molecular flexibility index (Phi) is 6.20. The molecule has 4 N–H and O–H groups in total. The van der Waals surface area contributed by atoms with E-state index >= 15 is 0 Å². The van der Waals surface area contributed by atoms with Crippen molar-refractivity contribution in [2.24, 2.45) is 11.7 Å². The summed E-state index contributed by atoms with van der Waals surface area (Å²) in [7, 11) is 0. The van der Waals surface area contributed by atoms with Gasteiger partial charge in [-0.1, -0.05) is 18.2 Å². The molecule has 1 unspecified atom stereocenters. The third kappa shape index (κ3) is 4.64. The summed E-state index contributed by atoms with van der Waals surface area (Å²) in [6.45, 7) is 0.416. The van der Waals surface area contributed by atoms with Crippen molar-refractivity contribution >= 4 is 35.0 Å². The Bertz CT molecular complexity index is 1080. The molecular weight excluding hydrogens is 408 g/mol.